The van der Waals surface area contributed by atoms with Crippen LogP contribution in [0.25, 0.3) is 0 Å². The molecule has 2 aliphatic heterocycles. The summed E-state index contributed by atoms with van der Waals surface area (Å²) in [4.78, 5) is 6.79. The van der Waals surface area contributed by atoms with Crippen molar-refractivity contribution >= 4 is 5.84 Å². The molecule has 0 aliphatic carbocycles. The Morgan fingerprint density at radius 2 is 2.55 bits per heavy atom. The first-order chi connectivity index (χ1) is 5.38. The number of amidine groups is 1. The van der Waals surface area contributed by atoms with E-state index in [0.717, 1.165) is 19.6 Å². The second-order valence-electron chi connectivity index (χ2n) is 3.31. The van der Waals surface area contributed by atoms with E-state index in [1.54, 1.807) is 0 Å². The van der Waals surface area contributed by atoms with Gasteiger partial charge in [-0.2, -0.15) is 0 Å². The van der Waals surface area contributed by atoms with Gasteiger partial charge in [-0.3, -0.25) is 4.99 Å². The minimum absolute atomic E-state index is 0.558. The van der Waals surface area contributed by atoms with Gasteiger partial charge >= 0.3 is 0 Å². The summed E-state index contributed by atoms with van der Waals surface area (Å²) >= 11 is 0. The van der Waals surface area contributed by atoms with E-state index in [0.29, 0.717) is 6.04 Å². The van der Waals surface area contributed by atoms with Gasteiger partial charge in [0.05, 0.1) is 6.04 Å². The summed E-state index contributed by atoms with van der Waals surface area (Å²) in [5, 5.41) is 3.48. The van der Waals surface area contributed by atoms with Gasteiger partial charge in [0, 0.05) is 26.7 Å². The van der Waals surface area contributed by atoms with Crippen molar-refractivity contribution in [1.82, 2.24) is 10.2 Å². The van der Waals surface area contributed by atoms with E-state index in [4.69, 9.17) is 0 Å². The number of likely N-dealkylation sites (N-methyl/N-ethyl adjacent to an activating group) is 1. The lowest BCUT2D eigenvalue weighted by Gasteiger charge is -2.36. The van der Waals surface area contributed by atoms with Crippen LogP contribution in [-0.4, -0.2) is 43.5 Å². The minimum Gasteiger partial charge on any atom is -0.361 e. The maximum Gasteiger partial charge on any atom is 0.116 e. The molecule has 0 aromatic carbocycles. The summed E-state index contributed by atoms with van der Waals surface area (Å²) in [6, 6.07) is 0.558. The van der Waals surface area contributed by atoms with Gasteiger partial charge in [-0.1, -0.05) is 0 Å². The van der Waals surface area contributed by atoms with Crippen LogP contribution in [0.5, 0.6) is 0 Å². The highest BCUT2D eigenvalue weighted by Crippen LogP contribution is 2.12. The Bertz CT molecular complexity index is 176. The number of nitrogens with zero attached hydrogens (tertiary/aromatic N) is 2. The van der Waals surface area contributed by atoms with Crippen LogP contribution < -0.4 is 5.32 Å². The first-order valence-electron chi connectivity index (χ1n) is 4.37. The molecule has 1 N–H and O–H groups in total. The molecule has 0 saturated carbocycles. The third kappa shape index (κ3) is 1.25. The van der Waals surface area contributed by atoms with Gasteiger partial charge in [0.2, 0.25) is 0 Å². The van der Waals surface area contributed by atoms with Gasteiger partial charge < -0.3 is 10.2 Å². The topological polar surface area (TPSA) is 27.6 Å². The molecule has 2 rings (SSSR count). The summed E-state index contributed by atoms with van der Waals surface area (Å²) < 4.78 is 0. The van der Waals surface area contributed by atoms with Gasteiger partial charge in [0.25, 0.3) is 0 Å². The van der Waals surface area contributed by atoms with E-state index in [-0.39, 0.29) is 0 Å². The average molecular weight is 153 g/mol. The van der Waals surface area contributed by atoms with Crippen LogP contribution in [0, 0.1) is 0 Å². The molecule has 0 bridgehead atoms. The summed E-state index contributed by atoms with van der Waals surface area (Å²) in [7, 11) is 2.14. The lowest BCUT2D eigenvalue weighted by atomic mass is 10.1. The molecular formula is C8H15N3. The number of nitrogens with one attached hydrogen (secondary N) is 1. The summed E-state index contributed by atoms with van der Waals surface area (Å²) in [5.74, 6) is 1.28. The van der Waals surface area contributed by atoms with E-state index in [1.165, 1.54) is 18.7 Å². The van der Waals surface area contributed by atoms with Crippen LogP contribution in [0.2, 0.25) is 0 Å². The van der Waals surface area contributed by atoms with Crippen LogP contribution in [0.15, 0.2) is 4.99 Å². The lowest BCUT2D eigenvalue weighted by Crippen LogP contribution is -2.54. The van der Waals surface area contributed by atoms with Gasteiger partial charge in [0.1, 0.15) is 5.84 Å². The van der Waals surface area contributed by atoms with E-state index in [9.17, 15) is 0 Å². The lowest BCUT2D eigenvalue weighted by molar-refractivity contribution is 0.374. The number of fused-ring (bicyclic) bond motifs is 1. The SMILES string of the molecule is CN1CCNC2CCCN=C21. The standard InChI is InChI=1S/C8H15N3/c1-11-6-5-9-7-3-2-4-10-8(7)11/h7,9H,2-6H2,1H3. The van der Waals surface area contributed by atoms with Crippen LogP contribution in [-0.2, 0) is 0 Å². The normalized spacial score (nSPS) is 31.2. The Hall–Kier alpha value is -0.570. The molecule has 3 heteroatoms. The maximum atomic E-state index is 4.51. The second kappa shape index (κ2) is 2.81. The van der Waals surface area contributed by atoms with Gasteiger partial charge in [-0.15, -0.1) is 0 Å². The summed E-state index contributed by atoms with van der Waals surface area (Å²) in [5.41, 5.74) is 0. The van der Waals surface area contributed by atoms with E-state index >= 15 is 0 Å². The molecule has 1 atom stereocenters. The summed E-state index contributed by atoms with van der Waals surface area (Å²) in [6.07, 6.45) is 2.51. The third-order valence-electron chi connectivity index (χ3n) is 2.47. The first-order valence-corrected chi connectivity index (χ1v) is 4.37. The van der Waals surface area contributed by atoms with Crippen molar-refractivity contribution in [2.75, 3.05) is 26.7 Å². The molecule has 11 heavy (non-hydrogen) atoms. The summed E-state index contributed by atoms with van der Waals surface area (Å²) in [6.45, 7) is 3.24. The van der Waals surface area contributed by atoms with Crippen molar-refractivity contribution in [3.05, 3.63) is 0 Å². The van der Waals surface area contributed by atoms with Gasteiger partial charge in [0.15, 0.2) is 0 Å². The molecule has 3 nitrogen and oxygen atoms in total. The van der Waals surface area contributed by atoms with Crippen molar-refractivity contribution in [2.24, 2.45) is 4.99 Å². The molecule has 0 amide bonds. The van der Waals surface area contributed by atoms with E-state index in [1.807, 2.05) is 0 Å². The van der Waals surface area contributed by atoms with Crippen molar-refractivity contribution < 1.29 is 0 Å². The fraction of sp³-hybridized carbons (Fsp3) is 0.875. The van der Waals surface area contributed by atoms with Crippen molar-refractivity contribution in [3.63, 3.8) is 0 Å². The Balaban J connectivity index is 2.14. The predicted octanol–water partition coefficient (Wildman–Crippen LogP) is 0.0823. The highest BCUT2D eigenvalue weighted by atomic mass is 15.2. The molecule has 0 aromatic heterocycles. The highest BCUT2D eigenvalue weighted by Gasteiger charge is 2.25. The van der Waals surface area contributed by atoms with Crippen molar-refractivity contribution in [1.29, 1.82) is 0 Å². The largest absolute Gasteiger partial charge is 0.361 e. The number of aliphatic imine (C=N–C) groups is 1. The zero-order chi connectivity index (χ0) is 7.68. The fourth-order valence-electron chi connectivity index (χ4n) is 1.83. The van der Waals surface area contributed by atoms with Gasteiger partial charge in [-0.05, 0) is 12.8 Å². The third-order valence-corrected chi connectivity index (χ3v) is 2.47. The Morgan fingerprint density at radius 1 is 1.64 bits per heavy atom. The zero-order valence-electron chi connectivity index (χ0n) is 7.01. The van der Waals surface area contributed by atoms with Crippen molar-refractivity contribution in [2.45, 2.75) is 18.9 Å². The van der Waals surface area contributed by atoms with Gasteiger partial charge in [-0.25, -0.2) is 0 Å². The van der Waals surface area contributed by atoms with Crippen LogP contribution in [0.3, 0.4) is 0 Å². The van der Waals surface area contributed by atoms with Crippen LogP contribution in [0.1, 0.15) is 12.8 Å². The minimum atomic E-state index is 0.558. The quantitative estimate of drug-likeness (QED) is 0.534. The number of hydrogen-bond donors (Lipinski definition) is 1. The number of hydrogen-bond acceptors (Lipinski definition) is 3. The molecule has 1 saturated heterocycles. The van der Waals surface area contributed by atoms with Crippen LogP contribution >= 0.6 is 0 Å². The predicted molar refractivity (Wildman–Crippen MR) is 46.0 cm³/mol. The molecule has 2 heterocycles. The molecule has 1 fully saturated rings. The smallest absolute Gasteiger partial charge is 0.116 e. The average Bonchev–Trinajstić information content (AvgIpc) is 2.06. The number of piperazine rings is 1. The number of rotatable bonds is 0. The molecule has 0 spiro atoms. The molecule has 0 radical (unpaired) electrons. The molecule has 62 valence electrons. The van der Waals surface area contributed by atoms with Crippen molar-refractivity contribution in [3.8, 4) is 0 Å². The second-order valence-corrected chi connectivity index (χ2v) is 3.31. The maximum absolute atomic E-state index is 4.51. The molecular weight excluding hydrogens is 138 g/mol. The zero-order valence-corrected chi connectivity index (χ0v) is 7.01. The highest BCUT2D eigenvalue weighted by molar-refractivity contribution is 5.88. The Morgan fingerprint density at radius 3 is 3.36 bits per heavy atom. The monoisotopic (exact) mass is 153 g/mol. The van der Waals surface area contributed by atoms with Crippen LogP contribution in [0.4, 0.5) is 0 Å². The van der Waals surface area contributed by atoms with E-state index < -0.39 is 0 Å². The molecule has 2 aliphatic rings. The Kier molecular flexibility index (Phi) is 1.82. The molecule has 0 aromatic rings. The first kappa shape index (κ1) is 7.10. The fourth-order valence-corrected chi connectivity index (χ4v) is 1.83. The van der Waals surface area contributed by atoms with E-state index in [2.05, 4.69) is 22.3 Å². The Labute approximate surface area is 67.5 Å². The molecule has 1 unspecified atom stereocenters.